The first-order valence-electron chi connectivity index (χ1n) is 3.91. The third-order valence-corrected chi connectivity index (χ3v) is 2.50. The van der Waals surface area contributed by atoms with Crippen LogP contribution in [0.4, 0.5) is 0 Å². The molecule has 2 fully saturated rings. The lowest BCUT2D eigenvalue weighted by molar-refractivity contribution is 0.339. The first kappa shape index (κ1) is 5.69. The first-order valence-corrected chi connectivity index (χ1v) is 3.91. The van der Waals surface area contributed by atoms with Crippen LogP contribution in [0.3, 0.4) is 0 Å². The molecule has 0 aliphatic carbocycles. The van der Waals surface area contributed by atoms with E-state index in [-0.39, 0.29) is 0 Å². The number of fused-ring (bicyclic) bond motifs is 1. The van der Waals surface area contributed by atoms with Crippen LogP contribution in [0.15, 0.2) is 0 Å². The molecule has 0 saturated carbocycles. The molecular formula is C7H14N2. The summed E-state index contributed by atoms with van der Waals surface area (Å²) >= 11 is 0. The van der Waals surface area contributed by atoms with Crippen molar-refractivity contribution in [1.29, 1.82) is 0 Å². The maximum Gasteiger partial charge on any atom is 0.0232 e. The van der Waals surface area contributed by atoms with Crippen molar-refractivity contribution in [3.8, 4) is 0 Å². The highest BCUT2D eigenvalue weighted by Crippen LogP contribution is 2.18. The van der Waals surface area contributed by atoms with E-state index < -0.39 is 0 Å². The van der Waals surface area contributed by atoms with E-state index in [1.165, 1.54) is 32.5 Å². The predicted octanol–water partition coefficient (Wildman–Crippen LogP) is -0.0422. The highest BCUT2D eigenvalue weighted by Gasteiger charge is 2.28. The normalized spacial score (nSPS) is 42.7. The number of hydrogen-bond donors (Lipinski definition) is 2. The van der Waals surface area contributed by atoms with Gasteiger partial charge in [0.15, 0.2) is 0 Å². The van der Waals surface area contributed by atoms with Crippen molar-refractivity contribution in [3.63, 3.8) is 0 Å². The molecule has 0 radical (unpaired) electrons. The zero-order valence-corrected chi connectivity index (χ0v) is 5.69. The van der Waals surface area contributed by atoms with Gasteiger partial charge < -0.3 is 10.6 Å². The summed E-state index contributed by atoms with van der Waals surface area (Å²) in [5.74, 6) is 0.943. The fraction of sp³-hybridized carbons (Fsp3) is 1.00. The summed E-state index contributed by atoms with van der Waals surface area (Å²) in [6.45, 7) is 3.69. The summed E-state index contributed by atoms with van der Waals surface area (Å²) in [7, 11) is 0. The molecule has 0 spiro atoms. The van der Waals surface area contributed by atoms with E-state index in [4.69, 9.17) is 0 Å². The Morgan fingerprint density at radius 3 is 3.11 bits per heavy atom. The third-order valence-electron chi connectivity index (χ3n) is 2.50. The zero-order chi connectivity index (χ0) is 6.10. The fourth-order valence-corrected chi connectivity index (χ4v) is 1.93. The van der Waals surface area contributed by atoms with Crippen LogP contribution in [-0.4, -0.2) is 25.7 Å². The molecule has 2 nitrogen and oxygen atoms in total. The molecule has 0 aromatic carbocycles. The second-order valence-corrected chi connectivity index (χ2v) is 3.12. The summed E-state index contributed by atoms with van der Waals surface area (Å²) < 4.78 is 0. The molecule has 2 aliphatic rings. The summed E-state index contributed by atoms with van der Waals surface area (Å²) in [6, 6.07) is 0.804. The van der Waals surface area contributed by atoms with Gasteiger partial charge in [0.05, 0.1) is 0 Å². The Bertz CT molecular complexity index is 91.1. The lowest BCUT2D eigenvalue weighted by Gasteiger charge is -2.24. The van der Waals surface area contributed by atoms with Gasteiger partial charge in [-0.05, 0) is 31.8 Å². The van der Waals surface area contributed by atoms with E-state index in [1.54, 1.807) is 0 Å². The Morgan fingerprint density at radius 2 is 2.22 bits per heavy atom. The van der Waals surface area contributed by atoms with Crippen molar-refractivity contribution in [2.24, 2.45) is 5.92 Å². The molecule has 2 rings (SSSR count). The minimum atomic E-state index is 0.804. The van der Waals surface area contributed by atoms with Crippen LogP contribution in [0.1, 0.15) is 12.8 Å². The Balaban J connectivity index is 1.97. The third kappa shape index (κ3) is 0.970. The summed E-state index contributed by atoms with van der Waals surface area (Å²) in [4.78, 5) is 0. The minimum Gasteiger partial charge on any atom is -0.315 e. The second-order valence-electron chi connectivity index (χ2n) is 3.12. The van der Waals surface area contributed by atoms with Crippen molar-refractivity contribution < 1.29 is 0 Å². The molecule has 2 aliphatic heterocycles. The number of rotatable bonds is 0. The van der Waals surface area contributed by atoms with Gasteiger partial charge in [-0.2, -0.15) is 0 Å². The SMILES string of the molecule is C1CN[C@H]2CNC[C@@H]2C1. The van der Waals surface area contributed by atoms with Crippen molar-refractivity contribution in [2.45, 2.75) is 18.9 Å². The van der Waals surface area contributed by atoms with Gasteiger partial charge in [0, 0.05) is 12.6 Å². The van der Waals surface area contributed by atoms with Crippen LogP contribution < -0.4 is 10.6 Å². The Kier molecular flexibility index (Phi) is 1.44. The first-order chi connectivity index (χ1) is 4.47. The average Bonchev–Trinajstić information content (AvgIpc) is 2.33. The molecule has 2 heterocycles. The molecule has 9 heavy (non-hydrogen) atoms. The molecule has 0 aromatic rings. The highest BCUT2D eigenvalue weighted by atomic mass is 15.0. The van der Waals surface area contributed by atoms with Crippen LogP contribution in [0, 0.1) is 5.92 Å². The zero-order valence-electron chi connectivity index (χ0n) is 5.69. The molecule has 2 N–H and O–H groups in total. The van der Waals surface area contributed by atoms with Gasteiger partial charge in [-0.25, -0.2) is 0 Å². The molecule has 0 bridgehead atoms. The molecule has 0 aromatic heterocycles. The van der Waals surface area contributed by atoms with Crippen LogP contribution >= 0.6 is 0 Å². The largest absolute Gasteiger partial charge is 0.315 e. The monoisotopic (exact) mass is 126 g/mol. The van der Waals surface area contributed by atoms with Crippen LogP contribution in [0.25, 0.3) is 0 Å². The van der Waals surface area contributed by atoms with Crippen molar-refractivity contribution in [1.82, 2.24) is 10.6 Å². The van der Waals surface area contributed by atoms with Crippen molar-refractivity contribution >= 4 is 0 Å². The van der Waals surface area contributed by atoms with Gasteiger partial charge in [-0.1, -0.05) is 0 Å². The smallest absolute Gasteiger partial charge is 0.0232 e. The molecule has 2 atom stereocenters. The van der Waals surface area contributed by atoms with Gasteiger partial charge in [-0.3, -0.25) is 0 Å². The van der Waals surface area contributed by atoms with Crippen LogP contribution in [-0.2, 0) is 0 Å². The van der Waals surface area contributed by atoms with Crippen molar-refractivity contribution in [2.75, 3.05) is 19.6 Å². The number of nitrogens with one attached hydrogen (secondary N) is 2. The van der Waals surface area contributed by atoms with Gasteiger partial charge in [0.1, 0.15) is 0 Å². The highest BCUT2D eigenvalue weighted by molar-refractivity contribution is 4.89. The quantitative estimate of drug-likeness (QED) is 0.476. The fourth-order valence-electron chi connectivity index (χ4n) is 1.93. The summed E-state index contributed by atoms with van der Waals surface area (Å²) in [6.07, 6.45) is 2.81. The lowest BCUT2D eigenvalue weighted by atomic mass is 9.94. The number of piperidine rings is 1. The van der Waals surface area contributed by atoms with E-state index in [1.807, 2.05) is 0 Å². The van der Waals surface area contributed by atoms with Crippen LogP contribution in [0.5, 0.6) is 0 Å². The molecular weight excluding hydrogens is 112 g/mol. The minimum absolute atomic E-state index is 0.804. The summed E-state index contributed by atoms with van der Waals surface area (Å²) in [5.41, 5.74) is 0. The van der Waals surface area contributed by atoms with E-state index in [0.29, 0.717) is 0 Å². The lowest BCUT2D eigenvalue weighted by Crippen LogP contribution is -2.40. The molecule has 52 valence electrons. The summed E-state index contributed by atoms with van der Waals surface area (Å²) in [5, 5.41) is 6.92. The number of hydrogen-bond acceptors (Lipinski definition) is 2. The van der Waals surface area contributed by atoms with E-state index in [2.05, 4.69) is 10.6 Å². The molecule has 0 amide bonds. The van der Waals surface area contributed by atoms with Gasteiger partial charge >= 0.3 is 0 Å². The Hall–Kier alpha value is -0.0800. The van der Waals surface area contributed by atoms with Gasteiger partial charge in [0.25, 0.3) is 0 Å². The van der Waals surface area contributed by atoms with E-state index in [9.17, 15) is 0 Å². The van der Waals surface area contributed by atoms with E-state index >= 15 is 0 Å². The molecule has 2 saturated heterocycles. The Labute approximate surface area is 56.0 Å². The van der Waals surface area contributed by atoms with Crippen LogP contribution in [0.2, 0.25) is 0 Å². The maximum atomic E-state index is 3.52. The topological polar surface area (TPSA) is 24.1 Å². The second kappa shape index (κ2) is 2.27. The molecule has 2 heteroatoms. The maximum absolute atomic E-state index is 3.52. The average molecular weight is 126 g/mol. The predicted molar refractivity (Wildman–Crippen MR) is 37.4 cm³/mol. The van der Waals surface area contributed by atoms with Gasteiger partial charge in [0.2, 0.25) is 0 Å². The standard InChI is InChI=1S/C7H14N2/c1-2-6-4-8-5-7(6)9-3-1/h6-9H,1-5H2/t6-,7-/m0/s1. The van der Waals surface area contributed by atoms with E-state index in [0.717, 1.165) is 12.0 Å². The Morgan fingerprint density at radius 1 is 1.22 bits per heavy atom. The van der Waals surface area contributed by atoms with Crippen molar-refractivity contribution in [3.05, 3.63) is 0 Å². The van der Waals surface area contributed by atoms with Gasteiger partial charge in [-0.15, -0.1) is 0 Å². The molecule has 0 unspecified atom stereocenters.